The second-order valence-corrected chi connectivity index (χ2v) is 4.19. The number of nitrogens with zero attached hydrogens (tertiary/aromatic N) is 2. The van der Waals surface area contributed by atoms with E-state index in [0.717, 1.165) is 20.9 Å². The second-order valence-electron chi connectivity index (χ2n) is 3.33. The van der Waals surface area contributed by atoms with Gasteiger partial charge in [-0.1, -0.05) is 15.9 Å². The molecule has 1 N–H and O–H groups in total. The Hall–Kier alpha value is -1.36. The van der Waals surface area contributed by atoms with E-state index in [0.29, 0.717) is 0 Å². The van der Waals surface area contributed by atoms with Crippen molar-refractivity contribution in [1.29, 1.82) is 0 Å². The van der Waals surface area contributed by atoms with Crippen LogP contribution in [0.3, 0.4) is 0 Å². The molecule has 2 aromatic rings. The Labute approximate surface area is 94.6 Å². The molecule has 0 aliphatic rings. The van der Waals surface area contributed by atoms with Crippen LogP contribution in [0.2, 0.25) is 0 Å². The van der Waals surface area contributed by atoms with E-state index in [9.17, 15) is 4.79 Å². The number of benzene rings is 1. The number of carboxylic acid groups (broad SMARTS) is 1. The maximum absolute atomic E-state index is 10.7. The predicted molar refractivity (Wildman–Crippen MR) is 59.8 cm³/mol. The Morgan fingerprint density at radius 2 is 2.33 bits per heavy atom. The summed E-state index contributed by atoms with van der Waals surface area (Å²) in [5.41, 5.74) is 1.59. The first-order chi connectivity index (χ1) is 7.08. The largest absolute Gasteiger partial charge is 0.481 e. The number of aromatic nitrogens is 2. The van der Waals surface area contributed by atoms with Gasteiger partial charge in [-0.05, 0) is 17.7 Å². The maximum atomic E-state index is 10.7. The van der Waals surface area contributed by atoms with Crippen molar-refractivity contribution in [3.63, 3.8) is 0 Å². The normalized spacial score (nSPS) is 10.8. The van der Waals surface area contributed by atoms with Crippen molar-refractivity contribution in [3.8, 4) is 0 Å². The van der Waals surface area contributed by atoms with E-state index in [4.69, 9.17) is 5.11 Å². The molecule has 0 saturated heterocycles. The fraction of sp³-hybridized carbons (Fsp3) is 0.200. The lowest BCUT2D eigenvalue weighted by atomic mass is 10.1. The van der Waals surface area contributed by atoms with Crippen LogP contribution in [0.5, 0.6) is 0 Å². The molecule has 1 heterocycles. The highest BCUT2D eigenvalue weighted by molar-refractivity contribution is 9.10. The van der Waals surface area contributed by atoms with Crippen molar-refractivity contribution >= 4 is 32.8 Å². The van der Waals surface area contributed by atoms with Crippen molar-refractivity contribution < 1.29 is 9.90 Å². The SMILES string of the molecule is Cn1cc2c(CC(=O)O)c(Br)ccc2n1. The highest BCUT2D eigenvalue weighted by atomic mass is 79.9. The standard InChI is InChI=1S/C10H9BrN2O2/c1-13-5-7-6(4-10(14)15)8(11)2-3-9(7)12-13/h2-3,5H,4H2,1H3,(H,14,15). The van der Waals surface area contributed by atoms with Crippen molar-refractivity contribution in [3.05, 3.63) is 28.4 Å². The third-order valence-corrected chi connectivity index (χ3v) is 2.93. The Balaban J connectivity index is 2.67. The Bertz CT molecular complexity index is 533. The van der Waals surface area contributed by atoms with E-state index in [1.54, 1.807) is 4.68 Å². The highest BCUT2D eigenvalue weighted by Crippen LogP contribution is 2.26. The van der Waals surface area contributed by atoms with E-state index in [1.807, 2.05) is 25.4 Å². The molecule has 0 amide bonds. The van der Waals surface area contributed by atoms with E-state index in [1.165, 1.54) is 0 Å². The Kier molecular flexibility index (Phi) is 2.48. The highest BCUT2D eigenvalue weighted by Gasteiger charge is 2.11. The van der Waals surface area contributed by atoms with Crippen LogP contribution in [0, 0.1) is 0 Å². The van der Waals surface area contributed by atoms with Crippen LogP contribution >= 0.6 is 15.9 Å². The fourth-order valence-electron chi connectivity index (χ4n) is 1.57. The van der Waals surface area contributed by atoms with Gasteiger partial charge in [-0.3, -0.25) is 9.48 Å². The molecule has 1 aromatic carbocycles. The first-order valence-electron chi connectivity index (χ1n) is 4.40. The molecule has 0 aliphatic heterocycles. The van der Waals surface area contributed by atoms with Crippen molar-refractivity contribution in [2.45, 2.75) is 6.42 Å². The van der Waals surface area contributed by atoms with Gasteiger partial charge in [-0.25, -0.2) is 0 Å². The molecule has 2 rings (SSSR count). The lowest BCUT2D eigenvalue weighted by Gasteiger charge is -2.01. The molecule has 0 fully saturated rings. The fourth-order valence-corrected chi connectivity index (χ4v) is 2.06. The van der Waals surface area contributed by atoms with Crippen LogP contribution in [0.15, 0.2) is 22.8 Å². The number of aliphatic carboxylic acids is 1. The summed E-state index contributed by atoms with van der Waals surface area (Å²) in [6, 6.07) is 3.69. The van der Waals surface area contributed by atoms with Crippen LogP contribution < -0.4 is 0 Å². The average Bonchev–Trinajstić information content (AvgIpc) is 2.51. The van der Waals surface area contributed by atoms with Crippen LogP contribution in [0.4, 0.5) is 0 Å². The molecule has 4 nitrogen and oxygen atoms in total. The third kappa shape index (κ3) is 1.87. The van der Waals surface area contributed by atoms with Gasteiger partial charge in [0.25, 0.3) is 0 Å². The number of aryl methyl sites for hydroxylation is 1. The summed E-state index contributed by atoms with van der Waals surface area (Å²) >= 11 is 3.35. The monoisotopic (exact) mass is 268 g/mol. The summed E-state index contributed by atoms with van der Waals surface area (Å²) in [5, 5.41) is 13.9. The lowest BCUT2D eigenvalue weighted by Crippen LogP contribution is -2.01. The quantitative estimate of drug-likeness (QED) is 0.906. The number of carboxylic acids is 1. The average molecular weight is 269 g/mol. The number of halogens is 1. The van der Waals surface area contributed by atoms with Gasteiger partial charge in [0.2, 0.25) is 0 Å². The first kappa shape index (κ1) is 10.2. The zero-order valence-corrected chi connectivity index (χ0v) is 9.65. The summed E-state index contributed by atoms with van der Waals surface area (Å²) in [4.78, 5) is 10.7. The smallest absolute Gasteiger partial charge is 0.307 e. The van der Waals surface area contributed by atoms with Gasteiger partial charge in [0, 0.05) is 23.1 Å². The molecule has 0 spiro atoms. The van der Waals surface area contributed by atoms with Crippen molar-refractivity contribution in [2.24, 2.45) is 7.05 Å². The van der Waals surface area contributed by atoms with Crippen LogP contribution in [-0.2, 0) is 18.3 Å². The number of rotatable bonds is 2. The Morgan fingerprint density at radius 3 is 3.00 bits per heavy atom. The number of hydrogen-bond donors (Lipinski definition) is 1. The van der Waals surface area contributed by atoms with E-state index < -0.39 is 5.97 Å². The van der Waals surface area contributed by atoms with E-state index in [-0.39, 0.29) is 6.42 Å². The summed E-state index contributed by atoms with van der Waals surface area (Å²) in [6.07, 6.45) is 1.84. The van der Waals surface area contributed by atoms with E-state index >= 15 is 0 Å². The number of hydrogen-bond acceptors (Lipinski definition) is 2. The maximum Gasteiger partial charge on any atom is 0.307 e. The van der Waals surface area contributed by atoms with E-state index in [2.05, 4.69) is 21.0 Å². The topological polar surface area (TPSA) is 55.1 Å². The van der Waals surface area contributed by atoms with Crippen molar-refractivity contribution in [2.75, 3.05) is 0 Å². The van der Waals surface area contributed by atoms with Gasteiger partial charge >= 0.3 is 5.97 Å². The summed E-state index contributed by atoms with van der Waals surface area (Å²) in [6.45, 7) is 0. The molecule has 0 bridgehead atoms. The summed E-state index contributed by atoms with van der Waals surface area (Å²) < 4.78 is 2.49. The van der Waals surface area contributed by atoms with Crippen LogP contribution in [0.25, 0.3) is 10.9 Å². The summed E-state index contributed by atoms with van der Waals surface area (Å²) in [5.74, 6) is -0.841. The second kappa shape index (κ2) is 3.66. The van der Waals surface area contributed by atoms with Gasteiger partial charge in [0.1, 0.15) is 0 Å². The van der Waals surface area contributed by atoms with Crippen LogP contribution in [-0.4, -0.2) is 20.9 Å². The van der Waals surface area contributed by atoms with Gasteiger partial charge in [-0.15, -0.1) is 0 Å². The van der Waals surface area contributed by atoms with Gasteiger partial charge in [0.05, 0.1) is 11.9 Å². The minimum Gasteiger partial charge on any atom is -0.481 e. The molecular weight excluding hydrogens is 260 g/mol. The molecule has 5 heteroatoms. The minimum absolute atomic E-state index is 0.00359. The zero-order chi connectivity index (χ0) is 11.0. The molecule has 0 saturated carbocycles. The molecule has 0 aliphatic carbocycles. The zero-order valence-electron chi connectivity index (χ0n) is 8.07. The molecule has 0 radical (unpaired) electrons. The van der Waals surface area contributed by atoms with Crippen LogP contribution in [0.1, 0.15) is 5.56 Å². The molecule has 15 heavy (non-hydrogen) atoms. The molecule has 0 unspecified atom stereocenters. The van der Waals surface area contributed by atoms with Crippen molar-refractivity contribution in [1.82, 2.24) is 9.78 Å². The third-order valence-electron chi connectivity index (χ3n) is 2.19. The minimum atomic E-state index is -0.841. The summed E-state index contributed by atoms with van der Waals surface area (Å²) in [7, 11) is 1.82. The predicted octanol–water partition coefficient (Wildman–Crippen LogP) is 1.96. The number of fused-ring (bicyclic) bond motifs is 1. The Morgan fingerprint density at radius 1 is 1.60 bits per heavy atom. The molecule has 78 valence electrons. The lowest BCUT2D eigenvalue weighted by molar-refractivity contribution is -0.136. The van der Waals surface area contributed by atoms with Gasteiger partial charge < -0.3 is 5.11 Å². The molecular formula is C10H9BrN2O2. The molecule has 1 aromatic heterocycles. The van der Waals surface area contributed by atoms with Gasteiger partial charge in [-0.2, -0.15) is 5.10 Å². The molecule has 0 atom stereocenters. The first-order valence-corrected chi connectivity index (χ1v) is 5.20. The van der Waals surface area contributed by atoms with Gasteiger partial charge in [0.15, 0.2) is 0 Å². The number of carbonyl (C=O) groups is 1.